The fourth-order valence-corrected chi connectivity index (χ4v) is 1.91. The molecule has 0 aliphatic heterocycles. The van der Waals surface area contributed by atoms with Crippen molar-refractivity contribution in [2.75, 3.05) is 13.6 Å². The maximum absolute atomic E-state index is 12.2. The van der Waals surface area contributed by atoms with E-state index in [4.69, 9.17) is 10.4 Å². The van der Waals surface area contributed by atoms with Crippen molar-refractivity contribution >= 4 is 18.0 Å². The van der Waals surface area contributed by atoms with E-state index in [0.717, 1.165) is 17.2 Å². The van der Waals surface area contributed by atoms with E-state index in [2.05, 4.69) is 6.07 Å². The molecule has 1 rings (SSSR count). The van der Waals surface area contributed by atoms with Gasteiger partial charge < -0.3 is 10.0 Å². The molecular formula is C16H18N2O3. The number of carbonyl (C=O) groups is 2. The Labute approximate surface area is 124 Å². The van der Waals surface area contributed by atoms with Crippen LogP contribution >= 0.6 is 0 Å². The van der Waals surface area contributed by atoms with Crippen LogP contribution in [-0.4, -0.2) is 35.5 Å². The number of aliphatic carboxylic acids is 1. The van der Waals surface area contributed by atoms with Gasteiger partial charge in [0.1, 0.15) is 0 Å². The van der Waals surface area contributed by atoms with Crippen LogP contribution in [0.5, 0.6) is 0 Å². The molecule has 1 aromatic carbocycles. The van der Waals surface area contributed by atoms with E-state index in [-0.39, 0.29) is 11.8 Å². The highest BCUT2D eigenvalue weighted by Crippen LogP contribution is 2.14. The van der Waals surface area contributed by atoms with Gasteiger partial charge in [0.25, 0.3) is 5.91 Å². The van der Waals surface area contributed by atoms with Crippen molar-refractivity contribution in [1.82, 2.24) is 4.90 Å². The van der Waals surface area contributed by atoms with Gasteiger partial charge >= 0.3 is 5.97 Å². The fraction of sp³-hybridized carbons (Fsp3) is 0.312. The molecule has 0 saturated heterocycles. The smallest absolute Gasteiger partial charge is 0.328 e. The summed E-state index contributed by atoms with van der Waals surface area (Å²) >= 11 is 0. The van der Waals surface area contributed by atoms with Gasteiger partial charge in [-0.3, -0.25) is 4.79 Å². The number of rotatable bonds is 5. The van der Waals surface area contributed by atoms with Crippen LogP contribution in [0.4, 0.5) is 0 Å². The second-order valence-electron chi connectivity index (χ2n) is 4.96. The predicted octanol–water partition coefficient (Wildman–Crippen LogP) is 2.32. The highest BCUT2D eigenvalue weighted by Gasteiger charge is 2.14. The fourth-order valence-electron chi connectivity index (χ4n) is 1.91. The van der Waals surface area contributed by atoms with Crippen molar-refractivity contribution in [2.45, 2.75) is 13.8 Å². The van der Waals surface area contributed by atoms with E-state index >= 15 is 0 Å². The third kappa shape index (κ3) is 4.77. The summed E-state index contributed by atoms with van der Waals surface area (Å²) < 4.78 is 0. The van der Waals surface area contributed by atoms with Crippen molar-refractivity contribution < 1.29 is 14.7 Å². The lowest BCUT2D eigenvalue weighted by Gasteiger charge is -2.18. The zero-order chi connectivity index (χ0) is 16.0. The minimum atomic E-state index is -1.01. The van der Waals surface area contributed by atoms with Crippen LogP contribution in [0.15, 0.2) is 24.3 Å². The lowest BCUT2D eigenvalue weighted by molar-refractivity contribution is -0.131. The molecular weight excluding hydrogens is 268 g/mol. The normalized spacial score (nSPS) is 11.9. The first-order chi connectivity index (χ1) is 9.85. The van der Waals surface area contributed by atoms with Crippen LogP contribution in [0, 0.1) is 24.2 Å². The first-order valence-corrected chi connectivity index (χ1v) is 6.52. The lowest BCUT2D eigenvalue weighted by atomic mass is 10.0. The van der Waals surface area contributed by atoms with Gasteiger partial charge in [-0.1, -0.05) is 6.07 Å². The lowest BCUT2D eigenvalue weighted by Crippen LogP contribution is -2.30. The second-order valence-corrected chi connectivity index (χ2v) is 4.96. The average Bonchev–Trinajstić information content (AvgIpc) is 2.44. The molecule has 0 saturated carbocycles. The molecule has 0 fully saturated rings. The Morgan fingerprint density at radius 2 is 2.14 bits per heavy atom. The van der Waals surface area contributed by atoms with Crippen LogP contribution in [0.1, 0.15) is 28.4 Å². The number of hydrogen-bond acceptors (Lipinski definition) is 3. The molecule has 0 bridgehead atoms. The Balaban J connectivity index is 2.91. The van der Waals surface area contributed by atoms with Crippen LogP contribution in [-0.2, 0) is 4.79 Å². The highest BCUT2D eigenvalue weighted by molar-refractivity contribution is 5.94. The van der Waals surface area contributed by atoms with Gasteiger partial charge in [-0.25, -0.2) is 4.79 Å². The van der Waals surface area contributed by atoms with Gasteiger partial charge in [-0.05, 0) is 43.2 Å². The van der Waals surface area contributed by atoms with Crippen LogP contribution < -0.4 is 0 Å². The van der Waals surface area contributed by atoms with Crippen molar-refractivity contribution in [3.8, 4) is 6.07 Å². The summed E-state index contributed by atoms with van der Waals surface area (Å²) in [5.74, 6) is -1.40. The third-order valence-electron chi connectivity index (χ3n) is 3.04. The van der Waals surface area contributed by atoms with Crippen molar-refractivity contribution in [3.05, 3.63) is 41.0 Å². The van der Waals surface area contributed by atoms with E-state index in [1.54, 1.807) is 32.2 Å². The molecule has 0 aliphatic carbocycles. The Morgan fingerprint density at radius 1 is 1.48 bits per heavy atom. The van der Waals surface area contributed by atoms with Crippen molar-refractivity contribution in [3.63, 3.8) is 0 Å². The Bertz CT molecular complexity index is 614. The Kier molecular flexibility index (Phi) is 5.67. The standard InChI is InChI=1S/C16H18N2O3/c1-11(9-17)10-18(3)16(21)14-5-4-13(12(2)8-14)6-7-15(19)20/h4-8,11H,10H2,1-3H3,(H,19,20)/b7-6+. The van der Waals surface area contributed by atoms with Gasteiger partial charge in [-0.2, -0.15) is 5.26 Å². The number of carboxylic acid groups (broad SMARTS) is 1. The average molecular weight is 286 g/mol. The Morgan fingerprint density at radius 3 is 2.67 bits per heavy atom. The summed E-state index contributed by atoms with van der Waals surface area (Å²) in [7, 11) is 1.66. The number of aryl methyl sites for hydroxylation is 1. The van der Waals surface area contributed by atoms with Crippen LogP contribution in [0.3, 0.4) is 0 Å². The zero-order valence-corrected chi connectivity index (χ0v) is 12.3. The summed E-state index contributed by atoms with van der Waals surface area (Å²) in [5, 5.41) is 17.4. The third-order valence-corrected chi connectivity index (χ3v) is 3.04. The first kappa shape index (κ1) is 16.4. The summed E-state index contributed by atoms with van der Waals surface area (Å²) in [4.78, 5) is 24.2. The molecule has 1 aromatic rings. The number of nitrogens with zero attached hydrogens (tertiary/aromatic N) is 2. The van der Waals surface area contributed by atoms with Crippen molar-refractivity contribution in [2.24, 2.45) is 5.92 Å². The highest BCUT2D eigenvalue weighted by atomic mass is 16.4. The minimum Gasteiger partial charge on any atom is -0.478 e. The maximum Gasteiger partial charge on any atom is 0.328 e. The summed E-state index contributed by atoms with van der Waals surface area (Å²) in [6.07, 6.45) is 2.55. The molecule has 110 valence electrons. The number of carboxylic acids is 1. The van der Waals surface area contributed by atoms with E-state index in [1.165, 1.54) is 11.0 Å². The molecule has 1 amide bonds. The SMILES string of the molecule is Cc1cc(C(=O)N(C)CC(C)C#N)ccc1/C=C/C(=O)O. The zero-order valence-electron chi connectivity index (χ0n) is 12.3. The minimum absolute atomic E-state index is 0.158. The molecule has 5 nitrogen and oxygen atoms in total. The van der Waals surface area contributed by atoms with E-state index < -0.39 is 5.97 Å². The van der Waals surface area contributed by atoms with Gasteiger partial charge in [0.2, 0.25) is 0 Å². The number of benzene rings is 1. The molecule has 1 unspecified atom stereocenters. The summed E-state index contributed by atoms with van der Waals surface area (Å²) in [6, 6.07) is 7.18. The van der Waals surface area contributed by atoms with Crippen LogP contribution in [0.25, 0.3) is 6.08 Å². The van der Waals surface area contributed by atoms with Gasteiger partial charge in [-0.15, -0.1) is 0 Å². The molecule has 21 heavy (non-hydrogen) atoms. The molecule has 0 heterocycles. The maximum atomic E-state index is 12.2. The molecule has 1 atom stereocenters. The van der Waals surface area contributed by atoms with Gasteiger partial charge in [0, 0.05) is 25.2 Å². The number of amides is 1. The quantitative estimate of drug-likeness (QED) is 0.842. The summed E-state index contributed by atoms with van der Waals surface area (Å²) in [5.41, 5.74) is 2.09. The molecule has 0 aliphatic rings. The van der Waals surface area contributed by atoms with E-state index in [9.17, 15) is 9.59 Å². The number of hydrogen-bond donors (Lipinski definition) is 1. The molecule has 1 N–H and O–H groups in total. The topological polar surface area (TPSA) is 81.4 Å². The monoisotopic (exact) mass is 286 g/mol. The van der Waals surface area contributed by atoms with Gasteiger partial charge in [0.05, 0.1) is 12.0 Å². The second kappa shape index (κ2) is 7.25. The first-order valence-electron chi connectivity index (χ1n) is 6.52. The summed E-state index contributed by atoms with van der Waals surface area (Å²) in [6.45, 7) is 3.94. The predicted molar refractivity (Wildman–Crippen MR) is 79.6 cm³/mol. The number of carbonyl (C=O) groups excluding carboxylic acids is 1. The molecule has 0 radical (unpaired) electrons. The van der Waals surface area contributed by atoms with E-state index in [1.807, 2.05) is 6.92 Å². The Hall–Kier alpha value is -2.61. The molecule has 5 heteroatoms. The van der Waals surface area contributed by atoms with Gasteiger partial charge in [0.15, 0.2) is 0 Å². The van der Waals surface area contributed by atoms with Crippen LogP contribution in [0.2, 0.25) is 0 Å². The number of nitriles is 1. The molecule has 0 aromatic heterocycles. The van der Waals surface area contributed by atoms with E-state index in [0.29, 0.717) is 12.1 Å². The van der Waals surface area contributed by atoms with Crippen molar-refractivity contribution in [1.29, 1.82) is 5.26 Å². The largest absolute Gasteiger partial charge is 0.478 e. The molecule has 0 spiro atoms.